The third-order valence-electron chi connectivity index (χ3n) is 2.19. The Balaban J connectivity index is 2.89. The predicted octanol–water partition coefficient (Wildman–Crippen LogP) is 2.75. The number of aromatic nitrogens is 1. The summed E-state index contributed by atoms with van der Waals surface area (Å²) < 4.78 is 5.39. The lowest BCUT2D eigenvalue weighted by Crippen LogP contribution is -1.81. The molecule has 1 aromatic heterocycles. The molecule has 2 rings (SSSR count). The summed E-state index contributed by atoms with van der Waals surface area (Å²) in [4.78, 5) is 4.31. The minimum atomic E-state index is 0.735. The van der Waals surface area contributed by atoms with Gasteiger partial charge in [-0.1, -0.05) is 6.07 Å². The molecule has 0 fully saturated rings. The molecule has 0 saturated heterocycles. The van der Waals surface area contributed by atoms with Crippen LogP contribution in [0.3, 0.4) is 0 Å². The molecule has 2 aromatic rings. The average molecular weight is 161 g/mol. The maximum Gasteiger partial charge on any atom is 0.192 e. The molecule has 0 spiro atoms. The summed E-state index contributed by atoms with van der Waals surface area (Å²) in [5.74, 6) is 0.735. The van der Waals surface area contributed by atoms with E-state index >= 15 is 0 Å². The Labute approximate surface area is 71.2 Å². The van der Waals surface area contributed by atoms with Crippen LogP contribution in [-0.2, 0) is 0 Å². The van der Waals surface area contributed by atoms with E-state index in [9.17, 15) is 0 Å². The van der Waals surface area contributed by atoms with Crippen molar-refractivity contribution in [1.82, 2.24) is 4.98 Å². The minimum Gasteiger partial charge on any atom is -0.441 e. The van der Waals surface area contributed by atoms with Crippen LogP contribution in [0, 0.1) is 20.8 Å². The van der Waals surface area contributed by atoms with Crippen LogP contribution in [0.25, 0.3) is 11.1 Å². The number of nitrogens with zero attached hydrogens (tertiary/aromatic N) is 1. The van der Waals surface area contributed by atoms with E-state index in [4.69, 9.17) is 4.42 Å². The van der Waals surface area contributed by atoms with Gasteiger partial charge in [0.2, 0.25) is 0 Å². The first-order valence-electron chi connectivity index (χ1n) is 4.02. The molecule has 0 N–H and O–H groups in total. The highest BCUT2D eigenvalue weighted by Gasteiger charge is 2.05. The lowest BCUT2D eigenvalue weighted by atomic mass is 10.1. The SMILES string of the molecule is Cc1nc2c(C)c(C)ccc2o1. The third kappa shape index (κ3) is 0.916. The molecule has 1 heterocycles. The van der Waals surface area contributed by atoms with Crippen LogP contribution in [-0.4, -0.2) is 4.98 Å². The van der Waals surface area contributed by atoms with E-state index < -0.39 is 0 Å². The third-order valence-corrected chi connectivity index (χ3v) is 2.19. The molecule has 12 heavy (non-hydrogen) atoms. The first kappa shape index (κ1) is 7.35. The normalized spacial score (nSPS) is 10.9. The number of rotatable bonds is 0. The zero-order valence-electron chi connectivity index (χ0n) is 7.51. The number of hydrogen-bond acceptors (Lipinski definition) is 2. The van der Waals surface area contributed by atoms with Crippen molar-refractivity contribution in [2.45, 2.75) is 20.8 Å². The van der Waals surface area contributed by atoms with Crippen molar-refractivity contribution in [2.75, 3.05) is 0 Å². The monoisotopic (exact) mass is 161 g/mol. The highest BCUT2D eigenvalue weighted by Crippen LogP contribution is 2.21. The molecular formula is C10H11NO. The van der Waals surface area contributed by atoms with Crippen molar-refractivity contribution in [3.8, 4) is 0 Å². The Morgan fingerprint density at radius 1 is 1.17 bits per heavy atom. The van der Waals surface area contributed by atoms with E-state index in [-0.39, 0.29) is 0 Å². The largest absolute Gasteiger partial charge is 0.441 e. The molecule has 0 bridgehead atoms. The second kappa shape index (κ2) is 2.34. The van der Waals surface area contributed by atoms with Crippen LogP contribution in [0.15, 0.2) is 16.5 Å². The van der Waals surface area contributed by atoms with Crippen molar-refractivity contribution in [1.29, 1.82) is 0 Å². The molecule has 0 atom stereocenters. The molecule has 62 valence electrons. The Hall–Kier alpha value is -1.31. The zero-order valence-corrected chi connectivity index (χ0v) is 7.51. The predicted molar refractivity (Wildman–Crippen MR) is 48.2 cm³/mol. The minimum absolute atomic E-state index is 0.735. The number of hydrogen-bond donors (Lipinski definition) is 0. The van der Waals surface area contributed by atoms with E-state index in [0.717, 1.165) is 17.0 Å². The molecule has 2 nitrogen and oxygen atoms in total. The standard InChI is InChI=1S/C10H11NO/c1-6-4-5-9-10(7(6)2)11-8(3)12-9/h4-5H,1-3H3. The Kier molecular flexibility index (Phi) is 1.43. The number of oxazole rings is 1. The summed E-state index contributed by atoms with van der Waals surface area (Å²) >= 11 is 0. The van der Waals surface area contributed by atoms with Crippen LogP contribution in [0.1, 0.15) is 17.0 Å². The topological polar surface area (TPSA) is 26.0 Å². The van der Waals surface area contributed by atoms with Gasteiger partial charge in [0.15, 0.2) is 11.5 Å². The lowest BCUT2D eigenvalue weighted by molar-refractivity contribution is 0.561. The van der Waals surface area contributed by atoms with E-state index in [0.29, 0.717) is 0 Å². The summed E-state index contributed by atoms with van der Waals surface area (Å²) in [5, 5.41) is 0. The fourth-order valence-corrected chi connectivity index (χ4v) is 1.34. The molecule has 0 amide bonds. The molecule has 0 aliphatic carbocycles. The Bertz CT molecular complexity index is 429. The summed E-state index contributed by atoms with van der Waals surface area (Å²) in [7, 11) is 0. The van der Waals surface area contributed by atoms with E-state index in [1.807, 2.05) is 13.0 Å². The quantitative estimate of drug-likeness (QED) is 0.593. The fraction of sp³-hybridized carbons (Fsp3) is 0.300. The van der Waals surface area contributed by atoms with E-state index in [1.165, 1.54) is 11.1 Å². The number of fused-ring (bicyclic) bond motifs is 1. The van der Waals surface area contributed by atoms with Crippen molar-refractivity contribution < 1.29 is 4.42 Å². The van der Waals surface area contributed by atoms with Crippen LogP contribution in [0.5, 0.6) is 0 Å². The highest BCUT2D eigenvalue weighted by atomic mass is 16.3. The Morgan fingerprint density at radius 3 is 2.67 bits per heavy atom. The molecule has 0 saturated carbocycles. The van der Waals surface area contributed by atoms with Gasteiger partial charge in [0.05, 0.1) is 0 Å². The van der Waals surface area contributed by atoms with Crippen LogP contribution in [0.2, 0.25) is 0 Å². The van der Waals surface area contributed by atoms with Gasteiger partial charge in [-0.05, 0) is 31.0 Å². The van der Waals surface area contributed by atoms with Gasteiger partial charge in [-0.25, -0.2) is 4.98 Å². The van der Waals surface area contributed by atoms with Crippen LogP contribution < -0.4 is 0 Å². The molecule has 0 aliphatic rings. The maximum atomic E-state index is 5.39. The molecule has 1 aromatic carbocycles. The fourth-order valence-electron chi connectivity index (χ4n) is 1.34. The maximum absolute atomic E-state index is 5.39. The first-order valence-corrected chi connectivity index (χ1v) is 4.02. The van der Waals surface area contributed by atoms with Crippen molar-refractivity contribution in [3.05, 3.63) is 29.2 Å². The average Bonchev–Trinajstić information content (AvgIpc) is 2.39. The van der Waals surface area contributed by atoms with Crippen molar-refractivity contribution in [2.24, 2.45) is 0 Å². The van der Waals surface area contributed by atoms with Gasteiger partial charge >= 0.3 is 0 Å². The van der Waals surface area contributed by atoms with Crippen LogP contribution in [0.4, 0.5) is 0 Å². The Morgan fingerprint density at radius 2 is 1.92 bits per heavy atom. The summed E-state index contributed by atoms with van der Waals surface area (Å²) in [6, 6.07) is 4.03. The second-order valence-corrected chi connectivity index (χ2v) is 3.09. The van der Waals surface area contributed by atoms with Gasteiger partial charge in [0.25, 0.3) is 0 Å². The van der Waals surface area contributed by atoms with E-state index in [1.54, 1.807) is 0 Å². The number of benzene rings is 1. The van der Waals surface area contributed by atoms with E-state index in [2.05, 4.69) is 24.9 Å². The molecule has 0 aliphatic heterocycles. The van der Waals surface area contributed by atoms with Gasteiger partial charge in [0, 0.05) is 6.92 Å². The van der Waals surface area contributed by atoms with Crippen molar-refractivity contribution >= 4 is 11.1 Å². The van der Waals surface area contributed by atoms with Gasteiger partial charge in [-0.2, -0.15) is 0 Å². The summed E-state index contributed by atoms with van der Waals surface area (Å²) in [6.45, 7) is 6.02. The molecule has 0 unspecified atom stereocenters. The first-order chi connectivity index (χ1) is 5.68. The van der Waals surface area contributed by atoms with Gasteiger partial charge in [-0.3, -0.25) is 0 Å². The highest BCUT2D eigenvalue weighted by molar-refractivity contribution is 5.77. The zero-order chi connectivity index (χ0) is 8.72. The van der Waals surface area contributed by atoms with Gasteiger partial charge in [0.1, 0.15) is 5.52 Å². The smallest absolute Gasteiger partial charge is 0.192 e. The summed E-state index contributed by atoms with van der Waals surface area (Å²) in [5.41, 5.74) is 4.35. The van der Waals surface area contributed by atoms with Gasteiger partial charge < -0.3 is 4.42 Å². The van der Waals surface area contributed by atoms with Crippen molar-refractivity contribution in [3.63, 3.8) is 0 Å². The second-order valence-electron chi connectivity index (χ2n) is 3.09. The lowest BCUT2D eigenvalue weighted by Gasteiger charge is -1.96. The molecular weight excluding hydrogens is 150 g/mol. The molecule has 0 radical (unpaired) electrons. The molecule has 2 heteroatoms. The van der Waals surface area contributed by atoms with Gasteiger partial charge in [-0.15, -0.1) is 0 Å². The number of aryl methyl sites for hydroxylation is 3. The summed E-state index contributed by atoms with van der Waals surface area (Å²) in [6.07, 6.45) is 0. The van der Waals surface area contributed by atoms with Crippen LogP contribution >= 0.6 is 0 Å².